The summed E-state index contributed by atoms with van der Waals surface area (Å²) in [6.07, 6.45) is -4.54. The zero-order valence-electron chi connectivity index (χ0n) is 18.2. The summed E-state index contributed by atoms with van der Waals surface area (Å²) in [6.45, 7) is 1.78. The molecule has 0 saturated heterocycles. The molecule has 0 spiro atoms. The van der Waals surface area contributed by atoms with E-state index in [1.807, 2.05) is 0 Å². The van der Waals surface area contributed by atoms with Crippen molar-refractivity contribution in [1.82, 2.24) is 14.7 Å². The lowest BCUT2D eigenvalue weighted by molar-refractivity contribution is -0.137. The van der Waals surface area contributed by atoms with E-state index >= 15 is 0 Å². The maximum Gasteiger partial charge on any atom is 0.416 e. The number of ether oxygens (including phenoxy) is 2. The van der Waals surface area contributed by atoms with Gasteiger partial charge in [0.25, 0.3) is 5.91 Å². The molecule has 10 heteroatoms. The van der Waals surface area contributed by atoms with Gasteiger partial charge in [0.15, 0.2) is 17.2 Å². The highest BCUT2D eigenvalue weighted by atomic mass is 19.4. The van der Waals surface area contributed by atoms with Crippen LogP contribution in [0.15, 0.2) is 59.4 Å². The maximum atomic E-state index is 13.1. The van der Waals surface area contributed by atoms with Crippen LogP contribution in [0.4, 0.5) is 13.2 Å². The van der Waals surface area contributed by atoms with Gasteiger partial charge in [-0.15, -0.1) is 0 Å². The Balaban J connectivity index is 1.80. The molecule has 0 unspecified atom stereocenters. The van der Waals surface area contributed by atoms with Crippen LogP contribution in [0, 0.1) is 6.92 Å². The topological polar surface area (TPSA) is 73.7 Å². The number of aromatic nitrogens is 2. The van der Waals surface area contributed by atoms with E-state index in [1.165, 1.54) is 44.2 Å². The highest BCUT2D eigenvalue weighted by Crippen LogP contribution is 2.30. The van der Waals surface area contributed by atoms with Gasteiger partial charge in [-0.25, -0.2) is 4.68 Å². The number of alkyl halides is 3. The van der Waals surface area contributed by atoms with Crippen molar-refractivity contribution in [3.63, 3.8) is 0 Å². The zero-order valence-corrected chi connectivity index (χ0v) is 18.2. The molecule has 0 aliphatic carbocycles. The molecule has 0 atom stereocenters. The van der Waals surface area contributed by atoms with Crippen LogP contribution in [0.3, 0.4) is 0 Å². The van der Waals surface area contributed by atoms with Crippen LogP contribution in [0.2, 0.25) is 0 Å². The fraction of sp³-hybridized carbons (Fsp3) is 0.261. The maximum absolute atomic E-state index is 13.1. The predicted octanol–water partition coefficient (Wildman–Crippen LogP) is 3.72. The monoisotopic (exact) mass is 461 g/mol. The van der Waals surface area contributed by atoms with Crippen molar-refractivity contribution in [3.05, 3.63) is 81.8 Å². The minimum atomic E-state index is -4.54. The summed E-state index contributed by atoms with van der Waals surface area (Å²) in [7, 11) is 2.99. The van der Waals surface area contributed by atoms with E-state index in [4.69, 9.17) is 9.47 Å². The van der Waals surface area contributed by atoms with E-state index in [1.54, 1.807) is 24.3 Å². The van der Waals surface area contributed by atoms with Crippen LogP contribution in [-0.4, -0.2) is 47.9 Å². The smallest absolute Gasteiger partial charge is 0.416 e. The van der Waals surface area contributed by atoms with E-state index in [0.717, 1.165) is 16.8 Å². The lowest BCUT2D eigenvalue weighted by Crippen LogP contribution is -2.36. The van der Waals surface area contributed by atoms with Gasteiger partial charge in [-0.3, -0.25) is 9.59 Å². The van der Waals surface area contributed by atoms with Gasteiger partial charge >= 0.3 is 6.18 Å². The van der Waals surface area contributed by atoms with Crippen LogP contribution in [0.1, 0.15) is 21.7 Å². The van der Waals surface area contributed by atoms with Gasteiger partial charge in [-0.1, -0.05) is 18.2 Å². The molecule has 0 saturated carbocycles. The number of benzene rings is 2. The number of para-hydroxylation sites is 2. The number of halogens is 3. The number of nitrogens with zero attached hydrogens (tertiary/aromatic N) is 3. The van der Waals surface area contributed by atoms with Crippen LogP contribution in [0.5, 0.6) is 11.5 Å². The van der Waals surface area contributed by atoms with Crippen molar-refractivity contribution in [1.29, 1.82) is 0 Å². The molecular weight excluding hydrogens is 439 g/mol. The lowest BCUT2D eigenvalue weighted by Gasteiger charge is -2.19. The van der Waals surface area contributed by atoms with Gasteiger partial charge < -0.3 is 14.4 Å². The number of carbonyl (C=O) groups is 1. The minimum Gasteiger partial charge on any atom is -0.493 e. The molecule has 0 bridgehead atoms. The van der Waals surface area contributed by atoms with Gasteiger partial charge in [0.05, 0.1) is 24.9 Å². The average molecular weight is 461 g/mol. The van der Waals surface area contributed by atoms with Gasteiger partial charge in [-0.2, -0.15) is 18.3 Å². The Morgan fingerprint density at radius 3 is 2.45 bits per heavy atom. The van der Waals surface area contributed by atoms with Crippen molar-refractivity contribution >= 4 is 5.91 Å². The molecule has 1 amide bonds. The third-order valence-corrected chi connectivity index (χ3v) is 4.83. The first-order chi connectivity index (χ1) is 15.6. The number of likely N-dealkylation sites (N-methyl/N-ethyl adjacent to an activating group) is 1. The molecule has 174 valence electrons. The highest BCUT2D eigenvalue weighted by molar-refractivity contribution is 5.91. The van der Waals surface area contributed by atoms with Crippen molar-refractivity contribution in [2.45, 2.75) is 13.1 Å². The summed E-state index contributed by atoms with van der Waals surface area (Å²) in [5.74, 6) is 0.362. The Hall–Kier alpha value is -3.82. The van der Waals surface area contributed by atoms with E-state index in [2.05, 4.69) is 5.10 Å². The van der Waals surface area contributed by atoms with Gasteiger partial charge in [0.2, 0.25) is 5.43 Å². The summed E-state index contributed by atoms with van der Waals surface area (Å²) < 4.78 is 51.3. The molecule has 33 heavy (non-hydrogen) atoms. The Morgan fingerprint density at radius 2 is 1.79 bits per heavy atom. The standard InChI is InChI=1S/C23H22F3N3O4/c1-15-13-18(30)21(27-29(15)17-8-6-7-16(14-17)23(24,25)26)22(31)28(2)11-12-33-20-10-5-4-9-19(20)32-3/h4-10,13-14H,11-12H2,1-3H3. The van der Waals surface area contributed by atoms with Crippen molar-refractivity contribution < 1.29 is 27.4 Å². The quantitative estimate of drug-likeness (QED) is 0.536. The molecular formula is C23H22F3N3O4. The third-order valence-electron chi connectivity index (χ3n) is 4.83. The van der Waals surface area contributed by atoms with Gasteiger partial charge in [0.1, 0.15) is 6.61 Å². The molecule has 0 aliphatic heterocycles. The van der Waals surface area contributed by atoms with Crippen LogP contribution < -0.4 is 14.9 Å². The van der Waals surface area contributed by atoms with Crippen LogP contribution >= 0.6 is 0 Å². The molecule has 7 nitrogen and oxygen atoms in total. The van der Waals surface area contributed by atoms with Crippen LogP contribution in [0.25, 0.3) is 5.69 Å². The van der Waals surface area contributed by atoms with Gasteiger partial charge in [-0.05, 0) is 37.3 Å². The summed E-state index contributed by atoms with van der Waals surface area (Å²) in [4.78, 5) is 26.5. The van der Waals surface area contributed by atoms with Crippen molar-refractivity contribution in [2.75, 3.05) is 27.3 Å². The van der Waals surface area contributed by atoms with E-state index in [-0.39, 0.29) is 24.5 Å². The van der Waals surface area contributed by atoms with Crippen molar-refractivity contribution in [2.24, 2.45) is 0 Å². The molecule has 1 aromatic heterocycles. The Kier molecular flexibility index (Phi) is 7.05. The van der Waals surface area contributed by atoms with E-state index in [0.29, 0.717) is 11.5 Å². The SMILES string of the molecule is COc1ccccc1OCCN(C)C(=O)c1nn(-c2cccc(C(F)(F)F)c2)c(C)cc1=O. The Bertz CT molecular complexity index is 1210. The Morgan fingerprint density at radius 1 is 1.09 bits per heavy atom. The molecule has 1 heterocycles. The summed E-state index contributed by atoms with van der Waals surface area (Å²) in [6, 6.07) is 12.7. The van der Waals surface area contributed by atoms with E-state index in [9.17, 15) is 22.8 Å². The normalized spacial score (nSPS) is 11.2. The molecule has 2 aromatic carbocycles. The fourth-order valence-corrected chi connectivity index (χ4v) is 3.08. The number of amides is 1. The molecule has 0 fully saturated rings. The molecule has 3 rings (SSSR count). The molecule has 0 N–H and O–H groups in total. The summed E-state index contributed by atoms with van der Waals surface area (Å²) >= 11 is 0. The summed E-state index contributed by atoms with van der Waals surface area (Å²) in [5.41, 5.74) is -1.52. The predicted molar refractivity (Wildman–Crippen MR) is 115 cm³/mol. The third kappa shape index (κ3) is 5.51. The number of aryl methyl sites for hydroxylation is 1. The molecule has 0 radical (unpaired) electrons. The molecule has 0 aliphatic rings. The summed E-state index contributed by atoms with van der Waals surface area (Å²) in [5, 5.41) is 4.06. The number of carbonyl (C=O) groups excluding carboxylic acids is 1. The van der Waals surface area contributed by atoms with Gasteiger partial charge in [0, 0.05) is 18.8 Å². The lowest BCUT2D eigenvalue weighted by atomic mass is 10.2. The first-order valence-electron chi connectivity index (χ1n) is 9.91. The average Bonchev–Trinajstić information content (AvgIpc) is 2.78. The first kappa shape index (κ1) is 23.8. The number of methoxy groups -OCH3 is 1. The highest BCUT2D eigenvalue weighted by Gasteiger charge is 2.30. The van der Waals surface area contributed by atoms with Crippen LogP contribution in [-0.2, 0) is 6.18 Å². The number of rotatable bonds is 7. The zero-order chi connectivity index (χ0) is 24.2. The number of hydrogen-bond acceptors (Lipinski definition) is 5. The first-order valence-corrected chi connectivity index (χ1v) is 9.91. The van der Waals surface area contributed by atoms with E-state index < -0.39 is 28.8 Å². The second kappa shape index (κ2) is 9.76. The Labute approximate surface area is 188 Å². The minimum absolute atomic E-state index is 0.0820. The largest absolute Gasteiger partial charge is 0.493 e. The molecule has 3 aromatic rings. The number of hydrogen-bond donors (Lipinski definition) is 0. The fourth-order valence-electron chi connectivity index (χ4n) is 3.08. The van der Waals surface area contributed by atoms with Crippen molar-refractivity contribution in [3.8, 4) is 17.2 Å². The second-order valence-corrected chi connectivity index (χ2v) is 7.18. The second-order valence-electron chi connectivity index (χ2n) is 7.18.